The molecule has 0 radical (unpaired) electrons. The van der Waals surface area contributed by atoms with Gasteiger partial charge in [0.25, 0.3) is 0 Å². The Morgan fingerprint density at radius 2 is 1.83 bits per heavy atom. The molecule has 0 atom stereocenters. The molecular formula is C14H27NO3. The quantitative estimate of drug-likeness (QED) is 0.579. The van der Waals surface area contributed by atoms with Crippen molar-refractivity contribution < 1.29 is 14.7 Å². The van der Waals surface area contributed by atoms with Gasteiger partial charge in [-0.1, -0.05) is 20.4 Å². The maximum atomic E-state index is 10.2. The number of piperidine rings is 1. The van der Waals surface area contributed by atoms with E-state index in [0.717, 1.165) is 13.0 Å². The first-order valence-corrected chi connectivity index (χ1v) is 6.26. The van der Waals surface area contributed by atoms with Gasteiger partial charge in [-0.15, -0.1) is 0 Å². The van der Waals surface area contributed by atoms with E-state index in [-0.39, 0.29) is 16.9 Å². The van der Waals surface area contributed by atoms with E-state index >= 15 is 0 Å². The number of carbonyl (C=O) groups is 1. The molecule has 1 fully saturated rings. The number of methoxy groups -OCH3 is 1. The summed E-state index contributed by atoms with van der Waals surface area (Å²) in [6, 6.07) is 0. The topological polar surface area (TPSA) is 49.8 Å². The summed E-state index contributed by atoms with van der Waals surface area (Å²) >= 11 is 0. The summed E-state index contributed by atoms with van der Waals surface area (Å²) in [7, 11) is 1.33. The van der Waals surface area contributed by atoms with Crippen molar-refractivity contribution in [3.8, 4) is 0 Å². The maximum Gasteiger partial charge on any atom is 0.332 e. The third-order valence-electron chi connectivity index (χ3n) is 4.01. The molecule has 1 heterocycles. The summed E-state index contributed by atoms with van der Waals surface area (Å²) in [5.41, 5.74) is 0.577. The Hall–Kier alpha value is -0.870. The standard InChI is InChI=1S/C9H19NO.C5H8O2/c1-8(2)6-5-7-10(11)9(8,3)4;1-4(2)5(6)7-3/h11H,5-7H2,1-4H3;1H2,2-3H3. The molecule has 4 heteroatoms. The van der Waals surface area contributed by atoms with Gasteiger partial charge in [0.05, 0.1) is 7.11 Å². The molecule has 1 aliphatic rings. The summed E-state index contributed by atoms with van der Waals surface area (Å²) in [4.78, 5) is 10.2. The molecule has 0 aromatic carbocycles. The van der Waals surface area contributed by atoms with Gasteiger partial charge >= 0.3 is 5.97 Å². The molecule has 0 aromatic heterocycles. The van der Waals surface area contributed by atoms with Gasteiger partial charge in [-0.05, 0) is 39.0 Å². The lowest BCUT2D eigenvalue weighted by atomic mass is 9.69. The monoisotopic (exact) mass is 257 g/mol. The van der Waals surface area contributed by atoms with Crippen LogP contribution in [-0.4, -0.2) is 35.4 Å². The van der Waals surface area contributed by atoms with Crippen molar-refractivity contribution in [2.75, 3.05) is 13.7 Å². The molecule has 0 spiro atoms. The molecule has 1 rings (SSSR count). The van der Waals surface area contributed by atoms with Crippen molar-refractivity contribution in [1.82, 2.24) is 5.06 Å². The van der Waals surface area contributed by atoms with Crippen LogP contribution in [-0.2, 0) is 9.53 Å². The first-order valence-electron chi connectivity index (χ1n) is 6.26. The van der Waals surface area contributed by atoms with Crippen LogP contribution in [0.4, 0.5) is 0 Å². The van der Waals surface area contributed by atoms with E-state index < -0.39 is 0 Å². The summed E-state index contributed by atoms with van der Waals surface area (Å²) < 4.78 is 4.27. The number of ether oxygens (including phenoxy) is 1. The van der Waals surface area contributed by atoms with Crippen LogP contribution in [0.1, 0.15) is 47.5 Å². The van der Waals surface area contributed by atoms with E-state index in [9.17, 15) is 10.0 Å². The van der Waals surface area contributed by atoms with Crippen LogP contribution >= 0.6 is 0 Å². The zero-order valence-electron chi connectivity index (χ0n) is 12.5. The number of hydrogen-bond donors (Lipinski definition) is 1. The smallest absolute Gasteiger partial charge is 0.332 e. The molecule has 106 valence electrons. The SMILES string of the molecule is C=C(C)C(=O)OC.CC1(C)CCCN(O)C1(C)C. The molecule has 0 amide bonds. The molecule has 0 saturated carbocycles. The largest absolute Gasteiger partial charge is 0.466 e. The molecule has 0 aromatic rings. The summed E-state index contributed by atoms with van der Waals surface area (Å²) in [6.07, 6.45) is 2.31. The van der Waals surface area contributed by atoms with E-state index in [4.69, 9.17) is 0 Å². The zero-order valence-corrected chi connectivity index (χ0v) is 12.5. The molecule has 1 saturated heterocycles. The number of carbonyl (C=O) groups excluding carboxylic acids is 1. The highest BCUT2D eigenvalue weighted by atomic mass is 16.5. The summed E-state index contributed by atoms with van der Waals surface area (Å²) in [5, 5.41) is 11.1. The second kappa shape index (κ2) is 6.34. The van der Waals surface area contributed by atoms with Crippen molar-refractivity contribution in [3.63, 3.8) is 0 Å². The fourth-order valence-electron chi connectivity index (χ4n) is 1.78. The highest BCUT2D eigenvalue weighted by molar-refractivity contribution is 5.86. The minimum Gasteiger partial charge on any atom is -0.466 e. The summed E-state index contributed by atoms with van der Waals surface area (Å²) in [6.45, 7) is 14.4. The number of rotatable bonds is 1. The van der Waals surface area contributed by atoms with Crippen LogP contribution in [0.3, 0.4) is 0 Å². The van der Waals surface area contributed by atoms with Gasteiger partial charge in [0.15, 0.2) is 0 Å². The van der Waals surface area contributed by atoms with Crippen LogP contribution in [0.2, 0.25) is 0 Å². The van der Waals surface area contributed by atoms with Gasteiger partial charge in [-0.25, -0.2) is 4.79 Å². The van der Waals surface area contributed by atoms with Gasteiger partial charge in [0, 0.05) is 17.7 Å². The van der Waals surface area contributed by atoms with E-state index in [1.807, 2.05) is 0 Å². The third-order valence-corrected chi connectivity index (χ3v) is 4.01. The Balaban J connectivity index is 0.000000360. The predicted octanol–water partition coefficient (Wildman–Crippen LogP) is 3.01. The van der Waals surface area contributed by atoms with Gasteiger partial charge < -0.3 is 9.94 Å². The number of hydrogen-bond acceptors (Lipinski definition) is 4. The average molecular weight is 257 g/mol. The van der Waals surface area contributed by atoms with Crippen LogP contribution in [0.5, 0.6) is 0 Å². The highest BCUT2D eigenvalue weighted by Crippen LogP contribution is 2.42. The third kappa shape index (κ3) is 4.10. The average Bonchev–Trinajstić information content (AvgIpc) is 2.26. The van der Waals surface area contributed by atoms with Crippen molar-refractivity contribution in [2.45, 2.75) is 53.0 Å². The maximum absolute atomic E-state index is 10.2. The minimum absolute atomic E-state index is 0.0781. The van der Waals surface area contributed by atoms with E-state index in [1.54, 1.807) is 6.92 Å². The van der Waals surface area contributed by atoms with E-state index in [0.29, 0.717) is 5.57 Å². The fourth-order valence-corrected chi connectivity index (χ4v) is 1.78. The lowest BCUT2D eigenvalue weighted by Crippen LogP contribution is -2.56. The van der Waals surface area contributed by atoms with E-state index in [1.165, 1.54) is 18.6 Å². The predicted molar refractivity (Wildman–Crippen MR) is 72.4 cm³/mol. The molecule has 4 nitrogen and oxygen atoms in total. The number of esters is 1. The first kappa shape index (κ1) is 17.1. The molecule has 18 heavy (non-hydrogen) atoms. The van der Waals surface area contributed by atoms with Gasteiger partial charge in [-0.3, -0.25) is 0 Å². The van der Waals surface area contributed by atoms with Gasteiger partial charge in [0.2, 0.25) is 0 Å². The fraction of sp³-hybridized carbons (Fsp3) is 0.786. The lowest BCUT2D eigenvalue weighted by Gasteiger charge is -2.50. The molecule has 1 aliphatic heterocycles. The molecular weight excluding hydrogens is 230 g/mol. The summed E-state index contributed by atoms with van der Waals surface area (Å²) in [5.74, 6) is -0.347. The molecule has 0 aliphatic carbocycles. The Bertz CT molecular complexity index is 308. The van der Waals surface area contributed by atoms with Crippen LogP contribution in [0, 0.1) is 5.41 Å². The lowest BCUT2D eigenvalue weighted by molar-refractivity contribution is -0.218. The number of nitrogens with zero attached hydrogens (tertiary/aromatic N) is 1. The first-order chi connectivity index (χ1) is 8.06. The van der Waals surface area contributed by atoms with Crippen molar-refractivity contribution in [1.29, 1.82) is 0 Å². The van der Waals surface area contributed by atoms with Gasteiger partial charge in [-0.2, -0.15) is 5.06 Å². The Kier molecular flexibility index (Phi) is 6.04. The molecule has 0 unspecified atom stereocenters. The van der Waals surface area contributed by atoms with Crippen LogP contribution < -0.4 is 0 Å². The Morgan fingerprint density at radius 3 is 2.06 bits per heavy atom. The zero-order chi connectivity index (χ0) is 14.6. The Morgan fingerprint density at radius 1 is 1.33 bits per heavy atom. The second-order valence-corrected chi connectivity index (χ2v) is 5.94. The molecule has 1 N–H and O–H groups in total. The van der Waals surface area contributed by atoms with Crippen molar-refractivity contribution in [3.05, 3.63) is 12.2 Å². The normalized spacial score (nSPS) is 21.5. The highest BCUT2D eigenvalue weighted by Gasteiger charge is 2.43. The minimum atomic E-state index is -0.347. The Labute approximate surface area is 111 Å². The van der Waals surface area contributed by atoms with Crippen LogP contribution in [0.25, 0.3) is 0 Å². The number of hydroxylamine groups is 2. The van der Waals surface area contributed by atoms with Crippen LogP contribution in [0.15, 0.2) is 12.2 Å². The van der Waals surface area contributed by atoms with E-state index in [2.05, 4.69) is 39.0 Å². The second-order valence-electron chi connectivity index (χ2n) is 5.94. The van der Waals surface area contributed by atoms with Crippen molar-refractivity contribution >= 4 is 5.97 Å². The van der Waals surface area contributed by atoms with Crippen molar-refractivity contribution in [2.24, 2.45) is 5.41 Å². The molecule has 0 bridgehead atoms. The van der Waals surface area contributed by atoms with Gasteiger partial charge in [0.1, 0.15) is 0 Å².